The van der Waals surface area contributed by atoms with Crippen LogP contribution in [0.2, 0.25) is 5.02 Å². The van der Waals surface area contributed by atoms with Crippen LogP contribution >= 0.6 is 11.6 Å². The van der Waals surface area contributed by atoms with E-state index in [2.05, 4.69) is 5.32 Å². The van der Waals surface area contributed by atoms with Gasteiger partial charge in [0.15, 0.2) is 11.5 Å². The van der Waals surface area contributed by atoms with Gasteiger partial charge in [-0.1, -0.05) is 17.7 Å². The second-order valence-electron chi connectivity index (χ2n) is 6.70. The molecule has 4 rings (SSSR count). The summed E-state index contributed by atoms with van der Waals surface area (Å²) in [5, 5.41) is 3.31. The SMILES string of the molecule is COc1ccc(Cl)cc1NC(=O)C1CC(=O)N(Cc2ccc3c(c2)OCO3)C1. The molecule has 1 fully saturated rings. The van der Waals surface area contributed by atoms with Gasteiger partial charge >= 0.3 is 0 Å². The molecule has 0 aliphatic carbocycles. The minimum absolute atomic E-state index is 0.0594. The van der Waals surface area contributed by atoms with E-state index in [0.717, 1.165) is 5.56 Å². The van der Waals surface area contributed by atoms with Gasteiger partial charge in [0.2, 0.25) is 18.6 Å². The van der Waals surface area contributed by atoms with Crippen molar-refractivity contribution in [3.63, 3.8) is 0 Å². The van der Waals surface area contributed by atoms with E-state index in [1.807, 2.05) is 18.2 Å². The number of fused-ring (bicyclic) bond motifs is 1. The lowest BCUT2D eigenvalue weighted by atomic mass is 10.1. The zero-order valence-corrected chi connectivity index (χ0v) is 16.0. The van der Waals surface area contributed by atoms with Gasteiger partial charge in [0, 0.05) is 24.5 Å². The van der Waals surface area contributed by atoms with Crippen LogP contribution in [0.5, 0.6) is 17.2 Å². The third-order valence-electron chi connectivity index (χ3n) is 4.82. The Morgan fingerprint density at radius 2 is 2.07 bits per heavy atom. The van der Waals surface area contributed by atoms with Crippen molar-refractivity contribution in [2.45, 2.75) is 13.0 Å². The number of carbonyl (C=O) groups excluding carboxylic acids is 2. The topological polar surface area (TPSA) is 77.1 Å². The van der Waals surface area contributed by atoms with Crippen LogP contribution in [0.3, 0.4) is 0 Å². The van der Waals surface area contributed by atoms with Crippen LogP contribution in [-0.2, 0) is 16.1 Å². The number of benzene rings is 2. The molecular formula is C20H19ClN2O5. The van der Waals surface area contributed by atoms with Crippen LogP contribution in [0.25, 0.3) is 0 Å². The van der Waals surface area contributed by atoms with E-state index < -0.39 is 5.92 Å². The second kappa shape index (κ2) is 7.59. The van der Waals surface area contributed by atoms with Gasteiger partial charge in [-0.05, 0) is 35.9 Å². The van der Waals surface area contributed by atoms with Gasteiger partial charge < -0.3 is 24.4 Å². The molecule has 1 unspecified atom stereocenters. The standard InChI is InChI=1S/C20H19ClN2O5/c1-26-16-5-3-14(21)8-15(16)22-20(25)13-7-19(24)23(10-13)9-12-2-4-17-18(6-12)28-11-27-17/h2-6,8,13H,7,9-11H2,1H3,(H,22,25). The molecule has 7 nitrogen and oxygen atoms in total. The number of likely N-dealkylation sites (tertiary alicyclic amines) is 1. The van der Waals surface area contributed by atoms with E-state index in [-0.39, 0.29) is 25.0 Å². The predicted octanol–water partition coefficient (Wildman–Crippen LogP) is 3.06. The van der Waals surface area contributed by atoms with Gasteiger partial charge in [-0.2, -0.15) is 0 Å². The van der Waals surface area contributed by atoms with Crippen LogP contribution < -0.4 is 19.5 Å². The summed E-state index contributed by atoms with van der Waals surface area (Å²) in [6, 6.07) is 10.6. The van der Waals surface area contributed by atoms with Crippen LogP contribution in [0.15, 0.2) is 36.4 Å². The van der Waals surface area contributed by atoms with E-state index >= 15 is 0 Å². The number of anilines is 1. The molecule has 2 aromatic rings. The number of nitrogens with zero attached hydrogens (tertiary/aromatic N) is 1. The second-order valence-corrected chi connectivity index (χ2v) is 7.13. The van der Waals surface area contributed by atoms with Gasteiger partial charge in [-0.25, -0.2) is 0 Å². The Balaban J connectivity index is 1.41. The largest absolute Gasteiger partial charge is 0.495 e. The van der Waals surface area contributed by atoms with E-state index in [4.69, 9.17) is 25.8 Å². The van der Waals surface area contributed by atoms with Gasteiger partial charge in [0.05, 0.1) is 18.7 Å². The summed E-state index contributed by atoms with van der Waals surface area (Å²) in [7, 11) is 1.52. The fourth-order valence-corrected chi connectivity index (χ4v) is 3.55. The maximum absolute atomic E-state index is 12.7. The number of halogens is 1. The average molecular weight is 403 g/mol. The molecule has 8 heteroatoms. The van der Waals surface area contributed by atoms with Gasteiger partial charge in [0.25, 0.3) is 0 Å². The summed E-state index contributed by atoms with van der Waals surface area (Å²) >= 11 is 6.01. The van der Waals surface area contributed by atoms with E-state index in [1.165, 1.54) is 7.11 Å². The van der Waals surface area contributed by atoms with Crippen molar-refractivity contribution in [2.24, 2.45) is 5.92 Å². The average Bonchev–Trinajstić information content (AvgIpc) is 3.28. The van der Waals surface area contributed by atoms with Crippen LogP contribution in [0.4, 0.5) is 5.69 Å². The number of carbonyl (C=O) groups is 2. The molecule has 2 amide bonds. The van der Waals surface area contributed by atoms with Crippen molar-refractivity contribution in [2.75, 3.05) is 25.8 Å². The molecule has 0 saturated carbocycles. The van der Waals surface area contributed by atoms with Gasteiger partial charge in [0.1, 0.15) is 5.75 Å². The van der Waals surface area contributed by atoms with Crippen molar-refractivity contribution < 1.29 is 23.8 Å². The molecular weight excluding hydrogens is 384 g/mol. The molecule has 146 valence electrons. The van der Waals surface area contributed by atoms with Crippen molar-refractivity contribution in [3.8, 4) is 17.2 Å². The number of hydrogen-bond donors (Lipinski definition) is 1. The maximum atomic E-state index is 12.7. The lowest BCUT2D eigenvalue weighted by Gasteiger charge is -2.17. The summed E-state index contributed by atoms with van der Waals surface area (Å²) in [4.78, 5) is 26.7. The summed E-state index contributed by atoms with van der Waals surface area (Å²) in [5.41, 5.74) is 1.41. The highest BCUT2D eigenvalue weighted by atomic mass is 35.5. The lowest BCUT2D eigenvalue weighted by Crippen LogP contribution is -2.28. The van der Waals surface area contributed by atoms with E-state index in [1.54, 1.807) is 23.1 Å². The number of methoxy groups -OCH3 is 1. The van der Waals surface area contributed by atoms with Crippen molar-refractivity contribution in [1.29, 1.82) is 0 Å². The molecule has 1 atom stereocenters. The van der Waals surface area contributed by atoms with Gasteiger partial charge in [-0.15, -0.1) is 0 Å². The molecule has 2 aromatic carbocycles. The van der Waals surface area contributed by atoms with Crippen molar-refractivity contribution >= 4 is 29.1 Å². The molecule has 0 radical (unpaired) electrons. The predicted molar refractivity (Wildman–Crippen MR) is 103 cm³/mol. The minimum atomic E-state index is -0.440. The Hall–Kier alpha value is -2.93. The highest BCUT2D eigenvalue weighted by molar-refractivity contribution is 6.31. The maximum Gasteiger partial charge on any atom is 0.231 e. The number of hydrogen-bond acceptors (Lipinski definition) is 5. The van der Waals surface area contributed by atoms with Crippen LogP contribution in [0, 0.1) is 5.92 Å². The van der Waals surface area contributed by atoms with Gasteiger partial charge in [-0.3, -0.25) is 9.59 Å². The van der Waals surface area contributed by atoms with Crippen LogP contribution in [-0.4, -0.2) is 37.2 Å². The third kappa shape index (κ3) is 3.71. The molecule has 0 bridgehead atoms. The molecule has 28 heavy (non-hydrogen) atoms. The lowest BCUT2D eigenvalue weighted by molar-refractivity contribution is -0.128. The highest BCUT2D eigenvalue weighted by Crippen LogP contribution is 2.34. The van der Waals surface area contributed by atoms with Crippen molar-refractivity contribution in [1.82, 2.24) is 4.90 Å². The molecule has 2 aliphatic heterocycles. The zero-order chi connectivity index (χ0) is 19.7. The number of amides is 2. The quantitative estimate of drug-likeness (QED) is 0.831. The molecule has 2 heterocycles. The Morgan fingerprint density at radius 3 is 2.89 bits per heavy atom. The molecule has 1 saturated heterocycles. The normalized spacial score (nSPS) is 17.7. The Labute approximate surface area is 167 Å². The summed E-state index contributed by atoms with van der Waals surface area (Å²) < 4.78 is 15.9. The smallest absolute Gasteiger partial charge is 0.231 e. The Kier molecular flexibility index (Phi) is 5.00. The van der Waals surface area contributed by atoms with E-state index in [0.29, 0.717) is 41.0 Å². The molecule has 2 aliphatic rings. The first-order chi connectivity index (χ1) is 13.5. The number of nitrogens with one attached hydrogen (secondary N) is 1. The first-order valence-corrected chi connectivity index (χ1v) is 9.22. The monoisotopic (exact) mass is 402 g/mol. The fourth-order valence-electron chi connectivity index (χ4n) is 3.37. The van der Waals surface area contributed by atoms with Crippen LogP contribution in [0.1, 0.15) is 12.0 Å². The number of ether oxygens (including phenoxy) is 3. The first-order valence-electron chi connectivity index (χ1n) is 8.84. The van der Waals surface area contributed by atoms with Crippen molar-refractivity contribution in [3.05, 3.63) is 47.0 Å². The van der Waals surface area contributed by atoms with E-state index in [9.17, 15) is 9.59 Å². The molecule has 1 N–H and O–H groups in total. The third-order valence-corrected chi connectivity index (χ3v) is 5.05. The minimum Gasteiger partial charge on any atom is -0.495 e. The number of rotatable bonds is 5. The first kappa shape index (κ1) is 18.4. The highest BCUT2D eigenvalue weighted by Gasteiger charge is 2.34. The fraction of sp³-hybridized carbons (Fsp3) is 0.300. The molecule has 0 aromatic heterocycles. The summed E-state index contributed by atoms with van der Waals surface area (Å²) in [6.45, 7) is 0.971. The summed E-state index contributed by atoms with van der Waals surface area (Å²) in [5.74, 6) is 1.15. The Morgan fingerprint density at radius 1 is 1.25 bits per heavy atom. The molecule has 0 spiro atoms. The Bertz CT molecular complexity index is 933. The summed E-state index contributed by atoms with van der Waals surface area (Å²) in [6.07, 6.45) is 0.166. The zero-order valence-electron chi connectivity index (χ0n) is 15.2.